The maximum Gasteiger partial charge on any atom is 0.240 e. The summed E-state index contributed by atoms with van der Waals surface area (Å²) >= 11 is 2.14. The molecule has 0 radical (unpaired) electrons. The first-order valence-electron chi connectivity index (χ1n) is 6.82. The highest BCUT2D eigenvalue weighted by Crippen LogP contribution is 2.13. The fourth-order valence-corrected chi connectivity index (χ4v) is 3.72. The second kappa shape index (κ2) is 8.05. The molecule has 2 aromatic carbocycles. The van der Waals surface area contributed by atoms with E-state index in [-0.39, 0.29) is 10.9 Å². The van der Waals surface area contributed by atoms with E-state index < -0.39 is 10.0 Å². The van der Waals surface area contributed by atoms with Crippen LogP contribution >= 0.6 is 22.6 Å². The molecule has 1 unspecified atom stereocenters. The minimum Gasteiger partial charge on any atom is -0.383 e. The van der Waals surface area contributed by atoms with Crippen molar-refractivity contribution < 1.29 is 13.2 Å². The van der Waals surface area contributed by atoms with Crippen molar-refractivity contribution in [2.24, 2.45) is 0 Å². The topological polar surface area (TPSA) is 55.4 Å². The quantitative estimate of drug-likeness (QED) is 0.687. The van der Waals surface area contributed by atoms with Crippen LogP contribution in [0.25, 0.3) is 0 Å². The molecule has 0 aliphatic rings. The molecule has 0 aliphatic heterocycles. The summed E-state index contributed by atoms with van der Waals surface area (Å²) in [5, 5.41) is 0. The third-order valence-electron chi connectivity index (χ3n) is 3.14. The monoisotopic (exact) mass is 431 g/mol. The summed E-state index contributed by atoms with van der Waals surface area (Å²) in [4.78, 5) is 0.266. The number of hydrogen-bond acceptors (Lipinski definition) is 3. The van der Waals surface area contributed by atoms with E-state index in [1.807, 2.05) is 30.3 Å². The lowest BCUT2D eigenvalue weighted by atomic mass is 10.1. The number of methoxy groups -OCH3 is 1. The molecule has 0 spiro atoms. The maximum atomic E-state index is 12.4. The van der Waals surface area contributed by atoms with Crippen LogP contribution in [0.15, 0.2) is 59.5 Å². The molecule has 1 N–H and O–H groups in total. The Labute approximate surface area is 145 Å². The van der Waals surface area contributed by atoms with Gasteiger partial charge in [0, 0.05) is 16.7 Å². The molecule has 0 heterocycles. The van der Waals surface area contributed by atoms with Crippen LogP contribution in [0, 0.1) is 3.57 Å². The summed E-state index contributed by atoms with van der Waals surface area (Å²) in [6.45, 7) is 0.318. The molecule has 1 atom stereocenters. The smallest absolute Gasteiger partial charge is 0.240 e. The van der Waals surface area contributed by atoms with E-state index >= 15 is 0 Å². The predicted molar refractivity (Wildman–Crippen MR) is 95.3 cm³/mol. The normalized spacial score (nSPS) is 13.0. The Kier molecular flexibility index (Phi) is 6.37. The van der Waals surface area contributed by atoms with E-state index in [4.69, 9.17) is 4.74 Å². The lowest BCUT2D eigenvalue weighted by Crippen LogP contribution is -2.39. The first-order valence-corrected chi connectivity index (χ1v) is 9.38. The molecule has 118 valence electrons. The fourth-order valence-electron chi connectivity index (χ4n) is 2.14. The zero-order valence-electron chi connectivity index (χ0n) is 12.2. The number of benzene rings is 2. The molecule has 0 aromatic heterocycles. The van der Waals surface area contributed by atoms with Gasteiger partial charge in [-0.05, 0) is 58.8 Å². The molecular formula is C16H18INO3S. The lowest BCUT2D eigenvalue weighted by molar-refractivity contribution is 0.174. The molecule has 0 bridgehead atoms. The fraction of sp³-hybridized carbons (Fsp3) is 0.250. The van der Waals surface area contributed by atoms with Crippen molar-refractivity contribution in [2.45, 2.75) is 17.4 Å². The number of halogens is 1. The molecule has 0 aliphatic carbocycles. The van der Waals surface area contributed by atoms with Crippen LogP contribution in [-0.4, -0.2) is 28.2 Å². The van der Waals surface area contributed by atoms with Gasteiger partial charge in [-0.25, -0.2) is 13.1 Å². The van der Waals surface area contributed by atoms with E-state index in [0.29, 0.717) is 13.0 Å². The van der Waals surface area contributed by atoms with Gasteiger partial charge in [-0.15, -0.1) is 0 Å². The Hall–Kier alpha value is -0.960. The SMILES string of the molecule is COCC(Cc1ccccc1)NS(=O)(=O)c1ccc(I)cc1. The number of hydrogen-bond donors (Lipinski definition) is 1. The van der Waals surface area contributed by atoms with Crippen LogP contribution < -0.4 is 4.72 Å². The summed E-state index contributed by atoms with van der Waals surface area (Å²) in [6.07, 6.45) is 0.582. The van der Waals surface area contributed by atoms with Gasteiger partial charge >= 0.3 is 0 Å². The van der Waals surface area contributed by atoms with E-state index in [0.717, 1.165) is 9.13 Å². The summed E-state index contributed by atoms with van der Waals surface area (Å²) in [5.41, 5.74) is 1.06. The summed E-state index contributed by atoms with van der Waals surface area (Å²) in [5.74, 6) is 0. The molecule has 4 nitrogen and oxygen atoms in total. The van der Waals surface area contributed by atoms with Crippen molar-refractivity contribution in [3.8, 4) is 0 Å². The largest absolute Gasteiger partial charge is 0.383 e. The first-order chi connectivity index (χ1) is 10.5. The second-order valence-electron chi connectivity index (χ2n) is 4.92. The number of ether oxygens (including phenoxy) is 1. The van der Waals surface area contributed by atoms with Gasteiger partial charge in [-0.1, -0.05) is 30.3 Å². The number of sulfonamides is 1. The average Bonchev–Trinajstić information content (AvgIpc) is 2.48. The standard InChI is InChI=1S/C16H18INO3S/c1-21-12-15(11-13-5-3-2-4-6-13)18-22(19,20)16-9-7-14(17)8-10-16/h2-10,15,18H,11-12H2,1H3. The summed E-state index contributed by atoms with van der Waals surface area (Å²) < 4.78 is 33.8. The molecule has 6 heteroatoms. The third-order valence-corrected chi connectivity index (χ3v) is 5.39. The molecule has 0 saturated carbocycles. The third kappa shape index (κ3) is 5.05. The van der Waals surface area contributed by atoms with Gasteiger partial charge in [0.1, 0.15) is 0 Å². The Bertz CT molecular complexity index is 687. The van der Waals surface area contributed by atoms with Gasteiger partial charge in [-0.3, -0.25) is 0 Å². The Balaban J connectivity index is 2.14. The highest BCUT2D eigenvalue weighted by atomic mass is 127. The van der Waals surface area contributed by atoms with Crippen LogP contribution in [-0.2, 0) is 21.2 Å². The Morgan fingerprint density at radius 1 is 1.09 bits per heavy atom. The van der Waals surface area contributed by atoms with Crippen molar-refractivity contribution in [3.63, 3.8) is 0 Å². The molecule has 0 amide bonds. The van der Waals surface area contributed by atoms with Crippen LogP contribution in [0.2, 0.25) is 0 Å². The Morgan fingerprint density at radius 3 is 2.32 bits per heavy atom. The predicted octanol–water partition coefficient (Wildman–Crippen LogP) is 2.83. The zero-order valence-corrected chi connectivity index (χ0v) is 15.2. The number of rotatable bonds is 7. The van der Waals surface area contributed by atoms with Gasteiger partial charge < -0.3 is 4.74 Å². The summed E-state index contributed by atoms with van der Waals surface area (Å²) in [7, 11) is -1.99. The average molecular weight is 431 g/mol. The highest BCUT2D eigenvalue weighted by molar-refractivity contribution is 14.1. The van der Waals surface area contributed by atoms with Gasteiger partial charge in [-0.2, -0.15) is 0 Å². The van der Waals surface area contributed by atoms with Crippen molar-refractivity contribution in [1.29, 1.82) is 0 Å². The van der Waals surface area contributed by atoms with Gasteiger partial charge in [0.25, 0.3) is 0 Å². The molecule has 22 heavy (non-hydrogen) atoms. The minimum absolute atomic E-state index is 0.266. The lowest BCUT2D eigenvalue weighted by Gasteiger charge is -2.18. The van der Waals surface area contributed by atoms with Crippen molar-refractivity contribution in [2.75, 3.05) is 13.7 Å². The van der Waals surface area contributed by atoms with E-state index in [1.165, 1.54) is 0 Å². The zero-order chi connectivity index (χ0) is 16.0. The number of nitrogens with one attached hydrogen (secondary N) is 1. The van der Waals surface area contributed by atoms with Gasteiger partial charge in [0.15, 0.2) is 0 Å². The van der Waals surface area contributed by atoms with Gasteiger partial charge in [0.05, 0.1) is 11.5 Å². The van der Waals surface area contributed by atoms with Crippen LogP contribution in [0.1, 0.15) is 5.56 Å². The molecule has 0 saturated heterocycles. The molecule has 2 rings (SSSR count). The van der Waals surface area contributed by atoms with E-state index in [9.17, 15) is 8.42 Å². The first kappa shape index (κ1) is 17.4. The summed E-state index contributed by atoms with van der Waals surface area (Å²) in [6, 6.07) is 16.2. The Morgan fingerprint density at radius 2 is 1.73 bits per heavy atom. The minimum atomic E-state index is -3.55. The van der Waals surface area contributed by atoms with E-state index in [1.54, 1.807) is 31.4 Å². The van der Waals surface area contributed by atoms with Crippen molar-refractivity contribution >= 4 is 32.6 Å². The van der Waals surface area contributed by atoms with Crippen molar-refractivity contribution in [3.05, 3.63) is 63.7 Å². The van der Waals surface area contributed by atoms with Crippen LogP contribution in [0.5, 0.6) is 0 Å². The van der Waals surface area contributed by atoms with Crippen LogP contribution in [0.3, 0.4) is 0 Å². The molecule has 0 fully saturated rings. The highest BCUT2D eigenvalue weighted by Gasteiger charge is 2.20. The van der Waals surface area contributed by atoms with Gasteiger partial charge in [0.2, 0.25) is 10.0 Å². The molecular weight excluding hydrogens is 413 g/mol. The molecule has 2 aromatic rings. The maximum absolute atomic E-state index is 12.4. The van der Waals surface area contributed by atoms with Crippen molar-refractivity contribution in [1.82, 2.24) is 4.72 Å². The van der Waals surface area contributed by atoms with Crippen LogP contribution in [0.4, 0.5) is 0 Å². The second-order valence-corrected chi connectivity index (χ2v) is 7.88. The van der Waals surface area contributed by atoms with E-state index in [2.05, 4.69) is 27.3 Å².